The van der Waals surface area contributed by atoms with Crippen LogP contribution < -0.4 is 14.2 Å². The van der Waals surface area contributed by atoms with Crippen LogP contribution in [-0.2, 0) is 6.61 Å². The van der Waals surface area contributed by atoms with E-state index in [1.54, 1.807) is 13.0 Å². The minimum Gasteiger partial charge on any atom is -0.491 e. The van der Waals surface area contributed by atoms with Gasteiger partial charge in [0.15, 0.2) is 34.7 Å². The van der Waals surface area contributed by atoms with Gasteiger partial charge < -0.3 is 14.2 Å². The Morgan fingerprint density at radius 3 is 2.00 bits per heavy atom. The predicted octanol–water partition coefficient (Wildman–Crippen LogP) is 9.42. The highest BCUT2D eigenvalue weighted by molar-refractivity contribution is 5.67. The highest BCUT2D eigenvalue weighted by atomic mass is 19.2. The molecule has 0 N–H and O–H groups in total. The van der Waals surface area contributed by atoms with Crippen molar-refractivity contribution in [3.8, 4) is 17.2 Å². The topological polar surface area (TPSA) is 27.7 Å². The van der Waals surface area contributed by atoms with Crippen molar-refractivity contribution in [3.05, 3.63) is 94.1 Å². The zero-order valence-electron chi connectivity index (χ0n) is 23.0. The molecule has 0 aliphatic heterocycles. The molecule has 1 atom stereocenters. The first-order valence-electron chi connectivity index (χ1n) is 13.8. The lowest BCUT2D eigenvalue weighted by atomic mass is 9.82. The van der Waals surface area contributed by atoms with Gasteiger partial charge in [-0.1, -0.05) is 44.0 Å². The Balaban J connectivity index is 1.42. The zero-order chi connectivity index (χ0) is 29.5. The van der Waals surface area contributed by atoms with E-state index >= 15 is 4.39 Å². The molecule has 3 aromatic carbocycles. The third-order valence-electron chi connectivity index (χ3n) is 7.14. The fourth-order valence-electron chi connectivity index (χ4n) is 4.87. The van der Waals surface area contributed by atoms with Crippen LogP contribution in [0, 0.1) is 34.9 Å². The van der Waals surface area contributed by atoms with Gasteiger partial charge in [0.1, 0.15) is 6.61 Å². The molecular weight excluding hydrogens is 546 g/mol. The first-order valence-corrected chi connectivity index (χ1v) is 13.8. The Kier molecular flexibility index (Phi) is 10.2. The molecule has 3 aromatic rings. The molecule has 0 aromatic heterocycles. The molecule has 0 spiro atoms. The molecule has 1 unspecified atom stereocenters. The van der Waals surface area contributed by atoms with Crippen molar-refractivity contribution >= 4 is 5.57 Å². The number of halogens is 6. The van der Waals surface area contributed by atoms with Gasteiger partial charge in [-0.05, 0) is 67.9 Å². The highest BCUT2D eigenvalue weighted by Gasteiger charge is 2.26. The molecule has 0 amide bonds. The van der Waals surface area contributed by atoms with Crippen molar-refractivity contribution < 1.29 is 40.6 Å². The summed E-state index contributed by atoms with van der Waals surface area (Å²) in [7, 11) is 0. The van der Waals surface area contributed by atoms with Crippen LogP contribution in [0.3, 0.4) is 0 Å². The van der Waals surface area contributed by atoms with E-state index in [4.69, 9.17) is 14.2 Å². The second-order valence-electron chi connectivity index (χ2n) is 9.85. The van der Waals surface area contributed by atoms with Crippen molar-refractivity contribution in [2.75, 3.05) is 13.2 Å². The molecule has 0 heterocycles. The number of unbranched alkanes of at least 4 members (excludes halogenated alkanes) is 2. The first kappa shape index (κ1) is 30.3. The normalized spacial score (nSPS) is 15.0. The zero-order valence-corrected chi connectivity index (χ0v) is 23.0. The predicted molar refractivity (Wildman–Crippen MR) is 144 cm³/mol. The van der Waals surface area contributed by atoms with Crippen molar-refractivity contribution in [3.63, 3.8) is 0 Å². The Morgan fingerprint density at radius 1 is 0.683 bits per heavy atom. The number of ether oxygens (including phenoxy) is 3. The average Bonchev–Trinajstić information content (AvgIpc) is 2.97. The number of hydrogen-bond donors (Lipinski definition) is 0. The lowest BCUT2D eigenvalue weighted by molar-refractivity contribution is 0.263. The SMILES string of the molecule is CCCCCOc1ccc(OCc2ccc(C3=CCC(c4ccc(OCC)c(F)c4F)CC3)c(F)c2F)c(F)c1F. The second kappa shape index (κ2) is 13.8. The molecule has 41 heavy (non-hydrogen) atoms. The van der Waals surface area contributed by atoms with Gasteiger partial charge in [-0.25, -0.2) is 13.2 Å². The Bertz CT molecular complexity index is 1400. The molecule has 1 aliphatic rings. The summed E-state index contributed by atoms with van der Waals surface area (Å²) in [4.78, 5) is 0. The fourth-order valence-corrected chi connectivity index (χ4v) is 4.87. The highest BCUT2D eigenvalue weighted by Crippen LogP contribution is 2.40. The summed E-state index contributed by atoms with van der Waals surface area (Å²) in [6.07, 6.45) is 5.30. The van der Waals surface area contributed by atoms with Gasteiger partial charge in [0.05, 0.1) is 13.2 Å². The van der Waals surface area contributed by atoms with E-state index in [2.05, 4.69) is 0 Å². The molecule has 9 heteroatoms. The summed E-state index contributed by atoms with van der Waals surface area (Å²) in [5.41, 5.74) is 0.622. The maximum atomic E-state index is 15.1. The summed E-state index contributed by atoms with van der Waals surface area (Å²) < 4.78 is 103. The minimum absolute atomic E-state index is 0.0462. The van der Waals surface area contributed by atoms with Crippen molar-refractivity contribution in [1.29, 1.82) is 0 Å². The molecule has 0 bridgehead atoms. The number of benzene rings is 3. The Hall–Kier alpha value is -3.62. The monoisotopic (exact) mass is 578 g/mol. The summed E-state index contributed by atoms with van der Waals surface area (Å²) in [6.45, 7) is 3.60. The number of rotatable bonds is 12. The van der Waals surface area contributed by atoms with Crippen LogP contribution in [0.1, 0.15) is 75.0 Å². The molecule has 3 nitrogen and oxygen atoms in total. The van der Waals surface area contributed by atoms with Gasteiger partial charge >= 0.3 is 0 Å². The van der Waals surface area contributed by atoms with Gasteiger partial charge in [-0.2, -0.15) is 13.2 Å². The molecule has 1 aliphatic carbocycles. The van der Waals surface area contributed by atoms with Crippen molar-refractivity contribution in [2.45, 2.75) is 64.9 Å². The van der Waals surface area contributed by atoms with Crippen molar-refractivity contribution in [1.82, 2.24) is 0 Å². The van der Waals surface area contributed by atoms with E-state index in [9.17, 15) is 22.0 Å². The van der Waals surface area contributed by atoms with E-state index in [-0.39, 0.29) is 47.3 Å². The molecule has 4 rings (SSSR count). The van der Waals surface area contributed by atoms with E-state index in [1.165, 1.54) is 36.4 Å². The van der Waals surface area contributed by atoms with E-state index < -0.39 is 47.3 Å². The van der Waals surface area contributed by atoms with Gasteiger partial charge in [0, 0.05) is 11.1 Å². The summed E-state index contributed by atoms with van der Waals surface area (Å²) in [5.74, 6) is -7.94. The standard InChI is InChI=1S/C32H32F6O3/c1-3-5-6-17-40-25-15-16-26(32(38)31(25)37)41-18-21-11-12-22(28(34)27(21)33)19-7-9-20(10-8-19)23-13-14-24(39-4-2)30(36)29(23)35/h7,11-16,20H,3-6,8-10,17-18H2,1-2H3. The largest absolute Gasteiger partial charge is 0.491 e. The maximum Gasteiger partial charge on any atom is 0.204 e. The van der Waals surface area contributed by atoms with Gasteiger partial charge in [-0.15, -0.1) is 0 Å². The number of hydrogen-bond acceptors (Lipinski definition) is 3. The van der Waals surface area contributed by atoms with Gasteiger partial charge in [0.2, 0.25) is 17.5 Å². The van der Waals surface area contributed by atoms with Crippen LogP contribution in [0.2, 0.25) is 0 Å². The van der Waals surface area contributed by atoms with E-state index in [0.29, 0.717) is 31.3 Å². The fraction of sp³-hybridized carbons (Fsp3) is 0.375. The molecule has 220 valence electrons. The Labute approximate surface area is 235 Å². The number of allylic oxidation sites excluding steroid dienone is 2. The van der Waals surface area contributed by atoms with Gasteiger partial charge in [-0.3, -0.25) is 0 Å². The third kappa shape index (κ3) is 6.82. The lowest BCUT2D eigenvalue weighted by Crippen LogP contribution is -2.10. The van der Waals surface area contributed by atoms with E-state index in [1.807, 2.05) is 6.92 Å². The summed E-state index contributed by atoms with van der Waals surface area (Å²) in [5, 5.41) is 0. The van der Waals surface area contributed by atoms with Crippen molar-refractivity contribution in [2.24, 2.45) is 0 Å². The van der Waals surface area contributed by atoms with Crippen LogP contribution >= 0.6 is 0 Å². The Morgan fingerprint density at radius 2 is 1.34 bits per heavy atom. The average molecular weight is 579 g/mol. The second-order valence-corrected chi connectivity index (χ2v) is 9.85. The lowest BCUT2D eigenvalue weighted by Gasteiger charge is -2.24. The van der Waals surface area contributed by atoms with Gasteiger partial charge in [0.25, 0.3) is 0 Å². The van der Waals surface area contributed by atoms with Crippen LogP contribution in [0.25, 0.3) is 5.57 Å². The van der Waals surface area contributed by atoms with E-state index in [0.717, 1.165) is 12.8 Å². The summed E-state index contributed by atoms with van der Waals surface area (Å²) in [6, 6.07) is 8.01. The smallest absolute Gasteiger partial charge is 0.204 e. The molecule has 0 radical (unpaired) electrons. The van der Waals surface area contributed by atoms with Crippen LogP contribution in [0.5, 0.6) is 17.2 Å². The third-order valence-corrected chi connectivity index (χ3v) is 7.14. The van der Waals surface area contributed by atoms with Crippen LogP contribution in [0.15, 0.2) is 42.5 Å². The molecule has 0 fully saturated rings. The quantitative estimate of drug-likeness (QED) is 0.158. The molecule has 0 saturated heterocycles. The maximum absolute atomic E-state index is 15.1. The van der Waals surface area contributed by atoms with Crippen LogP contribution in [0.4, 0.5) is 26.3 Å². The first-order chi connectivity index (χ1) is 19.8. The van der Waals surface area contributed by atoms with Crippen LogP contribution in [-0.4, -0.2) is 13.2 Å². The molecular formula is C32H32F6O3. The summed E-state index contributed by atoms with van der Waals surface area (Å²) >= 11 is 0. The minimum atomic E-state index is -1.28. The molecule has 0 saturated carbocycles.